The van der Waals surface area contributed by atoms with E-state index < -0.39 is 0 Å². The van der Waals surface area contributed by atoms with Crippen molar-refractivity contribution in [2.24, 2.45) is 0 Å². The second kappa shape index (κ2) is 4.49. The predicted molar refractivity (Wildman–Crippen MR) is 69.9 cm³/mol. The largest absolute Gasteiger partial charge is 0.327 e. The highest BCUT2D eigenvalue weighted by Crippen LogP contribution is 2.18. The summed E-state index contributed by atoms with van der Waals surface area (Å²) in [7, 11) is 0. The van der Waals surface area contributed by atoms with Crippen molar-refractivity contribution < 1.29 is 0 Å². The summed E-state index contributed by atoms with van der Waals surface area (Å²) in [6.07, 6.45) is 2.68. The molecule has 0 amide bonds. The molecule has 0 unspecified atom stereocenters. The number of hydrogen-bond donors (Lipinski definition) is 0. The molecular weight excluding hydrogens is 210 g/mol. The average Bonchev–Trinajstić information content (AvgIpc) is 2.96. The molecule has 3 nitrogen and oxygen atoms in total. The van der Waals surface area contributed by atoms with E-state index in [0.29, 0.717) is 0 Å². The summed E-state index contributed by atoms with van der Waals surface area (Å²) in [6, 6.07) is 8.43. The highest BCUT2D eigenvalue weighted by atomic mass is 15.2. The van der Waals surface area contributed by atoms with Crippen molar-refractivity contribution in [3.63, 3.8) is 0 Å². The van der Waals surface area contributed by atoms with E-state index in [-0.39, 0.29) is 0 Å². The Morgan fingerprint density at radius 3 is 2.71 bits per heavy atom. The average molecular weight is 229 g/mol. The lowest BCUT2D eigenvalue weighted by atomic mass is 10.3. The fraction of sp³-hybridized carbons (Fsp3) is 0.500. The number of benzene rings is 1. The summed E-state index contributed by atoms with van der Waals surface area (Å²) in [4.78, 5) is 7.28. The van der Waals surface area contributed by atoms with E-state index >= 15 is 0 Å². The van der Waals surface area contributed by atoms with Crippen molar-refractivity contribution in [2.75, 3.05) is 13.1 Å². The van der Waals surface area contributed by atoms with Gasteiger partial charge in [-0.25, -0.2) is 4.98 Å². The topological polar surface area (TPSA) is 21.1 Å². The molecule has 1 aliphatic rings. The van der Waals surface area contributed by atoms with Crippen LogP contribution in [0.1, 0.15) is 25.6 Å². The van der Waals surface area contributed by atoms with Crippen LogP contribution in [-0.4, -0.2) is 27.5 Å². The van der Waals surface area contributed by atoms with E-state index in [2.05, 4.69) is 40.7 Å². The summed E-state index contributed by atoms with van der Waals surface area (Å²) in [6.45, 7) is 6.66. The maximum Gasteiger partial charge on any atom is 0.124 e. The third kappa shape index (κ3) is 1.95. The first kappa shape index (κ1) is 10.8. The van der Waals surface area contributed by atoms with Gasteiger partial charge >= 0.3 is 0 Å². The second-order valence-electron chi connectivity index (χ2n) is 4.74. The molecule has 1 aromatic heterocycles. The van der Waals surface area contributed by atoms with Gasteiger partial charge in [0.25, 0.3) is 0 Å². The smallest absolute Gasteiger partial charge is 0.124 e. The molecule has 1 aromatic carbocycles. The van der Waals surface area contributed by atoms with Gasteiger partial charge in [0, 0.05) is 6.54 Å². The second-order valence-corrected chi connectivity index (χ2v) is 4.74. The number of likely N-dealkylation sites (tertiary alicyclic amines) is 1. The lowest BCUT2D eigenvalue weighted by Gasteiger charge is -2.14. The predicted octanol–water partition coefficient (Wildman–Crippen LogP) is 2.65. The quantitative estimate of drug-likeness (QED) is 0.806. The Hall–Kier alpha value is -1.35. The van der Waals surface area contributed by atoms with Crippen molar-refractivity contribution >= 4 is 11.0 Å². The number of imidazole rings is 1. The molecule has 1 fully saturated rings. The van der Waals surface area contributed by atoms with Crippen LogP contribution in [0.3, 0.4) is 0 Å². The summed E-state index contributed by atoms with van der Waals surface area (Å²) in [5.41, 5.74) is 2.40. The maximum absolute atomic E-state index is 4.77. The molecule has 2 heterocycles. The van der Waals surface area contributed by atoms with Gasteiger partial charge in [-0.15, -0.1) is 0 Å². The summed E-state index contributed by atoms with van der Waals surface area (Å²) in [5.74, 6) is 1.22. The molecule has 1 aliphatic heterocycles. The van der Waals surface area contributed by atoms with E-state index in [9.17, 15) is 0 Å². The molecule has 0 atom stereocenters. The lowest BCUT2D eigenvalue weighted by Crippen LogP contribution is -2.21. The van der Waals surface area contributed by atoms with Gasteiger partial charge in [0.15, 0.2) is 0 Å². The number of aromatic nitrogens is 2. The minimum atomic E-state index is 1.00. The molecule has 0 aliphatic carbocycles. The van der Waals surface area contributed by atoms with E-state index in [1.807, 2.05) is 0 Å². The molecule has 17 heavy (non-hydrogen) atoms. The van der Waals surface area contributed by atoms with Gasteiger partial charge in [-0.05, 0) is 45.0 Å². The van der Waals surface area contributed by atoms with Crippen LogP contribution in [0.5, 0.6) is 0 Å². The molecule has 0 bridgehead atoms. The van der Waals surface area contributed by atoms with Gasteiger partial charge < -0.3 is 4.57 Å². The highest BCUT2D eigenvalue weighted by molar-refractivity contribution is 5.75. The van der Waals surface area contributed by atoms with Crippen LogP contribution in [0, 0.1) is 0 Å². The molecule has 0 saturated carbocycles. The Morgan fingerprint density at radius 1 is 1.18 bits per heavy atom. The normalized spacial score (nSPS) is 17.0. The Morgan fingerprint density at radius 2 is 1.94 bits per heavy atom. The molecule has 2 aromatic rings. The van der Waals surface area contributed by atoms with Gasteiger partial charge in [-0.2, -0.15) is 0 Å². The number of para-hydroxylation sites is 2. The van der Waals surface area contributed by atoms with E-state index in [1.165, 1.54) is 37.3 Å². The zero-order valence-electron chi connectivity index (χ0n) is 10.4. The van der Waals surface area contributed by atoms with Crippen LogP contribution in [0.15, 0.2) is 24.3 Å². The molecule has 0 radical (unpaired) electrons. The van der Waals surface area contributed by atoms with Crippen molar-refractivity contribution in [3.05, 3.63) is 30.1 Å². The summed E-state index contributed by atoms with van der Waals surface area (Å²) in [5, 5.41) is 0. The number of nitrogens with zero attached hydrogens (tertiary/aromatic N) is 3. The Kier molecular flexibility index (Phi) is 2.85. The summed E-state index contributed by atoms with van der Waals surface area (Å²) >= 11 is 0. The molecular formula is C14H19N3. The van der Waals surface area contributed by atoms with Crippen LogP contribution in [-0.2, 0) is 13.1 Å². The molecule has 1 saturated heterocycles. The first-order valence-corrected chi connectivity index (χ1v) is 6.55. The Bertz CT molecular complexity index is 509. The Balaban J connectivity index is 1.96. The van der Waals surface area contributed by atoms with Gasteiger partial charge in [0.05, 0.1) is 17.6 Å². The number of rotatable bonds is 3. The van der Waals surface area contributed by atoms with Gasteiger partial charge in [-0.1, -0.05) is 12.1 Å². The van der Waals surface area contributed by atoms with Crippen LogP contribution in [0.2, 0.25) is 0 Å². The monoisotopic (exact) mass is 229 g/mol. The molecule has 0 spiro atoms. The van der Waals surface area contributed by atoms with E-state index in [1.54, 1.807) is 0 Å². The summed E-state index contributed by atoms with van der Waals surface area (Å²) < 4.78 is 2.34. The maximum atomic E-state index is 4.77. The lowest BCUT2D eigenvalue weighted by molar-refractivity contribution is 0.317. The number of aryl methyl sites for hydroxylation is 1. The SMILES string of the molecule is CCn1c(CN2CCCC2)nc2ccccc21. The van der Waals surface area contributed by atoms with Crippen molar-refractivity contribution in [2.45, 2.75) is 32.9 Å². The van der Waals surface area contributed by atoms with Crippen LogP contribution in [0.4, 0.5) is 0 Å². The zero-order chi connectivity index (χ0) is 11.7. The van der Waals surface area contributed by atoms with Gasteiger partial charge in [-0.3, -0.25) is 4.90 Å². The molecule has 0 N–H and O–H groups in total. The van der Waals surface area contributed by atoms with Crippen LogP contribution < -0.4 is 0 Å². The molecule has 3 heteroatoms. The van der Waals surface area contributed by atoms with Gasteiger partial charge in [0.2, 0.25) is 0 Å². The van der Waals surface area contributed by atoms with E-state index in [0.717, 1.165) is 18.6 Å². The minimum Gasteiger partial charge on any atom is -0.327 e. The first-order chi connectivity index (χ1) is 8.38. The third-order valence-electron chi connectivity index (χ3n) is 3.61. The third-order valence-corrected chi connectivity index (χ3v) is 3.61. The van der Waals surface area contributed by atoms with Crippen LogP contribution >= 0.6 is 0 Å². The highest BCUT2D eigenvalue weighted by Gasteiger charge is 2.16. The fourth-order valence-electron chi connectivity index (χ4n) is 2.74. The Labute approximate surface area is 102 Å². The van der Waals surface area contributed by atoms with Crippen molar-refractivity contribution in [1.82, 2.24) is 14.5 Å². The fourth-order valence-corrected chi connectivity index (χ4v) is 2.74. The van der Waals surface area contributed by atoms with Crippen LogP contribution in [0.25, 0.3) is 11.0 Å². The minimum absolute atomic E-state index is 1.00. The molecule has 90 valence electrons. The standard InChI is InChI=1S/C14H19N3/c1-2-17-13-8-4-3-7-12(13)15-14(17)11-16-9-5-6-10-16/h3-4,7-8H,2,5-6,9-11H2,1H3. The first-order valence-electron chi connectivity index (χ1n) is 6.55. The number of hydrogen-bond acceptors (Lipinski definition) is 2. The molecule has 3 rings (SSSR count). The van der Waals surface area contributed by atoms with E-state index in [4.69, 9.17) is 4.98 Å². The van der Waals surface area contributed by atoms with Gasteiger partial charge in [0.1, 0.15) is 5.82 Å². The van der Waals surface area contributed by atoms with Crippen molar-refractivity contribution in [1.29, 1.82) is 0 Å². The number of fused-ring (bicyclic) bond motifs is 1. The van der Waals surface area contributed by atoms with Crippen molar-refractivity contribution in [3.8, 4) is 0 Å². The zero-order valence-corrected chi connectivity index (χ0v) is 10.4.